The summed E-state index contributed by atoms with van der Waals surface area (Å²) in [6.45, 7) is 3.91. The SMILES string of the molecule is Cc1cccc(C2(N)CCCC(O)C2=O)c1.Cc1ccccc1C1(N)CCCC(O)C1=O.Cl.Cl.Cl.Cl.NC1(c2c(F)cc(F)cc2F)CCCC(O)C1=O.NC1(c2c(F)ccc(F)c2F)CCCC(O)C1=O.NC1(c2cc(F)cc(F)c2F)CCCC(O)C1=O.NC1(c2ccc(F)cc2)CCCC(O)C1=O.NC1(c2cccc(F)c2)CCCC(O)C1=O. The molecule has 7 aliphatic carbocycles. The Morgan fingerprint density at radius 3 is 0.992 bits per heavy atom. The van der Waals surface area contributed by atoms with E-state index in [1.54, 1.807) is 6.07 Å². The standard InChI is InChI=1S/2C13H17NO2.3C12H12F3NO2.2C12H14FNO2.4ClH/c1-9-4-2-5-10(8-9)13(14)7-3-6-11(15)12(13)16;1-9-5-2-3-6-10(9)13(14)8-4-7-11(15)12(13)16;13-6-3-4-7(14)10(15)9(6)12(16)5-1-2-8(17)11(12)18;13-6-4-7(14)10(8(15)5-6)12(16)3-1-2-9(17)11(12)18;13-6-4-7(10(15)8(14)5-6)12(16)3-1-2-9(17)11(12)18;13-9-4-1-3-8(7-9)12(14)6-2-5-10(15)11(12)16;13-9-5-3-8(4-6-9)12(14)7-1-2-10(15)11(12)16;;;;/h2,4-5,8,11,15H,3,6-7,14H2,1H3;2-3,5-6,11,15H,4,7-8,14H2,1H3;3-4,8,17H,1-2,5,16H2;2*4-5,9,17H,1-3,16H2;1,3-4,7,10,15H,2,5-6,14H2;3-6,10,15H,1-2,7,14H2;4*1H. The van der Waals surface area contributed by atoms with E-state index in [4.69, 9.17) is 40.1 Å². The number of benzene rings is 7. The van der Waals surface area contributed by atoms with Gasteiger partial charge in [-0.1, -0.05) is 78.4 Å². The van der Waals surface area contributed by atoms with Crippen LogP contribution in [0.1, 0.15) is 185 Å². The quantitative estimate of drug-likeness (QED) is 0.0521. The number of carbonyl (C=O) groups excluding carboxylic acids is 7. The molecule has 14 unspecified atom stereocenters. The molecule has 14 rings (SSSR count). The Morgan fingerprint density at radius 2 is 0.590 bits per heavy atom. The summed E-state index contributed by atoms with van der Waals surface area (Å²) < 4.78 is 146. The molecule has 122 heavy (non-hydrogen) atoms. The number of ketones is 7. The first-order valence-corrected chi connectivity index (χ1v) is 38.5. The lowest BCUT2D eigenvalue weighted by Gasteiger charge is -2.35. The van der Waals surface area contributed by atoms with Gasteiger partial charge in [-0.2, -0.15) is 0 Å². The van der Waals surface area contributed by atoms with Gasteiger partial charge in [-0.25, -0.2) is 48.3 Å². The predicted octanol–water partition coefficient (Wildman–Crippen LogP) is 10.5. The zero-order valence-electron chi connectivity index (χ0n) is 66.4. The van der Waals surface area contributed by atoms with E-state index in [1.165, 1.54) is 42.5 Å². The highest BCUT2D eigenvalue weighted by Crippen LogP contribution is 2.42. The summed E-state index contributed by atoms with van der Waals surface area (Å²) in [5, 5.41) is 66.7. The molecule has 0 aromatic heterocycles. The summed E-state index contributed by atoms with van der Waals surface area (Å²) in [6, 6.07) is 29.9. The number of rotatable bonds is 7. The lowest BCUT2D eigenvalue weighted by molar-refractivity contribution is -0.136. The molecule has 0 aliphatic heterocycles. The molecule has 7 aliphatic rings. The van der Waals surface area contributed by atoms with Gasteiger partial charge in [0, 0.05) is 23.8 Å². The van der Waals surface area contributed by atoms with Gasteiger partial charge in [0.25, 0.3) is 0 Å². The summed E-state index contributed by atoms with van der Waals surface area (Å²) in [4.78, 5) is 83.2. The van der Waals surface area contributed by atoms with E-state index in [1.807, 2.05) is 62.4 Å². The third-order valence-electron chi connectivity index (χ3n) is 22.8. The Balaban J connectivity index is 0.000000297. The van der Waals surface area contributed by atoms with Crippen molar-refractivity contribution in [3.05, 3.63) is 248 Å². The minimum absolute atomic E-state index is 0. The molecular weight excluding hydrogens is 1710 g/mol. The van der Waals surface area contributed by atoms with Gasteiger partial charge < -0.3 is 75.9 Å². The van der Waals surface area contributed by atoms with Crippen LogP contribution in [0.3, 0.4) is 0 Å². The van der Waals surface area contributed by atoms with Gasteiger partial charge in [-0.15, -0.1) is 49.6 Å². The topological polar surface area (TPSA) is 443 Å². The number of Topliss-reactive ketones (excluding diaryl/α,β-unsaturated/α-hetero) is 7. The van der Waals surface area contributed by atoms with Gasteiger partial charge in [0.1, 0.15) is 122 Å². The molecule has 0 saturated heterocycles. The van der Waals surface area contributed by atoms with Crippen molar-refractivity contribution in [2.45, 2.75) is 230 Å². The molecule has 7 fully saturated rings. The van der Waals surface area contributed by atoms with Crippen molar-refractivity contribution in [3.63, 3.8) is 0 Å². The van der Waals surface area contributed by atoms with Crippen LogP contribution in [-0.2, 0) is 72.3 Å². The van der Waals surface area contributed by atoms with Crippen molar-refractivity contribution in [3.8, 4) is 0 Å². The maximum Gasteiger partial charge on any atom is 0.185 e. The fourth-order valence-electron chi connectivity index (χ4n) is 16.1. The zero-order valence-corrected chi connectivity index (χ0v) is 69.7. The summed E-state index contributed by atoms with van der Waals surface area (Å²) in [7, 11) is 0. The van der Waals surface area contributed by atoms with Crippen LogP contribution in [0.15, 0.2) is 133 Å². The van der Waals surface area contributed by atoms with Gasteiger partial charge in [0.05, 0.1) is 11.1 Å². The number of aliphatic hydroxyl groups is 7. The highest BCUT2D eigenvalue weighted by atomic mass is 35.5. The molecule has 0 amide bonds. The molecule has 36 heteroatoms. The van der Waals surface area contributed by atoms with E-state index in [0.29, 0.717) is 125 Å². The maximum absolute atomic E-state index is 13.7. The Labute approximate surface area is 721 Å². The third kappa shape index (κ3) is 23.4. The summed E-state index contributed by atoms with van der Waals surface area (Å²) in [5.74, 6) is -15.7. The molecule has 0 radical (unpaired) electrons. The van der Waals surface area contributed by atoms with E-state index < -0.39 is 179 Å². The molecule has 0 heterocycles. The van der Waals surface area contributed by atoms with Crippen molar-refractivity contribution in [1.29, 1.82) is 0 Å². The number of halogens is 15. The van der Waals surface area contributed by atoms with Crippen LogP contribution in [0, 0.1) is 77.8 Å². The molecule has 0 bridgehead atoms. The minimum atomic E-state index is -2.01. The first-order chi connectivity index (χ1) is 55.3. The molecule has 21 N–H and O–H groups in total. The van der Waals surface area contributed by atoms with Crippen molar-refractivity contribution in [1.82, 2.24) is 0 Å². The number of carbonyl (C=O) groups is 7. The average molecular weight is 1810 g/mol. The van der Waals surface area contributed by atoms with Crippen LogP contribution < -0.4 is 40.1 Å². The zero-order chi connectivity index (χ0) is 87.5. The van der Waals surface area contributed by atoms with Crippen molar-refractivity contribution in [2.75, 3.05) is 0 Å². The van der Waals surface area contributed by atoms with Gasteiger partial charge in [-0.3, -0.25) is 33.6 Å². The summed E-state index contributed by atoms with van der Waals surface area (Å²) in [6.07, 6.45) is 0.938. The molecule has 21 nitrogen and oxygen atoms in total. The molecule has 7 aromatic rings. The number of hydrogen-bond donors (Lipinski definition) is 14. The maximum atomic E-state index is 13.7. The normalized spacial score (nSPS) is 28.6. The molecule has 14 atom stereocenters. The lowest BCUT2D eigenvalue weighted by atomic mass is 9.74. The number of aryl methyl sites for hydroxylation is 2. The number of aliphatic hydroxyl groups excluding tert-OH is 7. The number of hydrogen-bond acceptors (Lipinski definition) is 21. The van der Waals surface area contributed by atoms with Gasteiger partial charge in [-0.05, 0) is 219 Å². The molecule has 670 valence electrons. The van der Waals surface area contributed by atoms with Crippen LogP contribution in [0.2, 0.25) is 0 Å². The van der Waals surface area contributed by atoms with Crippen LogP contribution in [0.25, 0.3) is 0 Å². The van der Waals surface area contributed by atoms with E-state index in [0.717, 1.165) is 41.2 Å². The highest BCUT2D eigenvalue weighted by Gasteiger charge is 2.51. The molecule has 0 spiro atoms. The monoisotopic (exact) mass is 1810 g/mol. The first-order valence-electron chi connectivity index (χ1n) is 38.5. The Morgan fingerprint density at radius 1 is 0.270 bits per heavy atom. The Kier molecular flexibility index (Phi) is 38.6. The van der Waals surface area contributed by atoms with Crippen molar-refractivity contribution >= 4 is 90.1 Å². The highest BCUT2D eigenvalue weighted by molar-refractivity contribution is 5.97. The van der Waals surface area contributed by atoms with E-state index in [-0.39, 0.29) is 111 Å². The van der Waals surface area contributed by atoms with Crippen LogP contribution in [-0.4, -0.2) is 119 Å². The van der Waals surface area contributed by atoms with Crippen LogP contribution in [0.5, 0.6) is 0 Å². The Hall–Kier alpha value is -7.94. The molecular formula is C86H102Cl4F11N7O14. The fraction of sp³-hybridized carbons (Fsp3) is 0.430. The average Bonchev–Trinajstić information content (AvgIpc) is 0.763. The van der Waals surface area contributed by atoms with Crippen molar-refractivity contribution in [2.24, 2.45) is 40.1 Å². The lowest BCUT2D eigenvalue weighted by Crippen LogP contribution is -2.53. The van der Waals surface area contributed by atoms with E-state index in [2.05, 4.69) is 0 Å². The first kappa shape index (κ1) is 106. The number of nitrogens with two attached hydrogens (primary N) is 7. The van der Waals surface area contributed by atoms with E-state index >= 15 is 0 Å². The van der Waals surface area contributed by atoms with Gasteiger partial charge in [0.2, 0.25) is 0 Å². The van der Waals surface area contributed by atoms with Gasteiger partial charge >= 0.3 is 0 Å². The predicted molar refractivity (Wildman–Crippen MR) is 438 cm³/mol. The molecule has 7 saturated carbocycles. The largest absolute Gasteiger partial charge is 0.385 e. The smallest absolute Gasteiger partial charge is 0.185 e. The summed E-state index contributed by atoms with van der Waals surface area (Å²) >= 11 is 0. The minimum Gasteiger partial charge on any atom is -0.385 e. The second kappa shape index (κ2) is 44.3. The molecule has 7 aromatic carbocycles. The summed E-state index contributed by atoms with van der Waals surface area (Å²) in [5.41, 5.74) is 34.2. The van der Waals surface area contributed by atoms with E-state index in [9.17, 15) is 118 Å². The van der Waals surface area contributed by atoms with Crippen molar-refractivity contribution < 1.29 is 118 Å². The van der Waals surface area contributed by atoms with Crippen LogP contribution >= 0.6 is 49.6 Å². The fourth-order valence-corrected chi connectivity index (χ4v) is 16.1. The van der Waals surface area contributed by atoms with Crippen LogP contribution in [0.4, 0.5) is 48.3 Å². The van der Waals surface area contributed by atoms with Gasteiger partial charge in [0.15, 0.2) is 63.8 Å². The Bertz CT molecular complexity index is 4770. The second-order valence-electron chi connectivity index (χ2n) is 31.1. The second-order valence-corrected chi connectivity index (χ2v) is 31.1. The third-order valence-corrected chi connectivity index (χ3v) is 22.8.